The summed E-state index contributed by atoms with van der Waals surface area (Å²) in [6.45, 7) is 6.70. The first-order chi connectivity index (χ1) is 8.06. The van der Waals surface area contributed by atoms with Crippen molar-refractivity contribution in [3.8, 4) is 0 Å². The summed E-state index contributed by atoms with van der Waals surface area (Å²) in [6, 6.07) is 7.12. The van der Waals surface area contributed by atoms with E-state index in [2.05, 4.69) is 39.0 Å². The average Bonchev–Trinajstić information content (AvgIpc) is 2.29. The van der Waals surface area contributed by atoms with E-state index < -0.39 is 0 Å². The third-order valence-corrected chi connectivity index (χ3v) is 5.24. The van der Waals surface area contributed by atoms with Crippen LogP contribution in [0.3, 0.4) is 0 Å². The van der Waals surface area contributed by atoms with Gasteiger partial charge in [0.25, 0.3) is 0 Å². The van der Waals surface area contributed by atoms with Crippen LogP contribution in [0.1, 0.15) is 37.3 Å². The Balaban J connectivity index is 2.06. The summed E-state index contributed by atoms with van der Waals surface area (Å²) in [5.41, 5.74) is 8.99. The molecule has 2 heteroatoms. The zero-order valence-electron chi connectivity index (χ0n) is 11.1. The highest BCUT2D eigenvalue weighted by Crippen LogP contribution is 2.36. The molecule has 94 valence electrons. The molecule has 1 saturated carbocycles. The molecule has 0 amide bonds. The van der Waals surface area contributed by atoms with Crippen LogP contribution in [0.15, 0.2) is 23.1 Å². The fraction of sp³-hybridized carbons (Fsp3) is 0.600. The first-order valence-corrected chi connectivity index (χ1v) is 7.43. The third-order valence-electron chi connectivity index (χ3n) is 3.87. The first-order valence-electron chi connectivity index (χ1n) is 6.55. The number of aryl methyl sites for hydroxylation is 2. The quantitative estimate of drug-likeness (QED) is 0.860. The van der Waals surface area contributed by atoms with Crippen molar-refractivity contribution >= 4 is 11.8 Å². The van der Waals surface area contributed by atoms with Gasteiger partial charge in [-0.15, -0.1) is 11.8 Å². The number of benzene rings is 1. The Kier molecular flexibility index (Phi) is 4.16. The molecule has 2 rings (SSSR count). The van der Waals surface area contributed by atoms with Gasteiger partial charge in [-0.1, -0.05) is 13.0 Å². The van der Waals surface area contributed by atoms with Gasteiger partial charge < -0.3 is 5.73 Å². The smallest absolute Gasteiger partial charge is 0.0248 e. The molecule has 3 unspecified atom stereocenters. The molecule has 1 nitrogen and oxygen atoms in total. The summed E-state index contributed by atoms with van der Waals surface area (Å²) in [7, 11) is 0. The van der Waals surface area contributed by atoms with Gasteiger partial charge in [0.2, 0.25) is 0 Å². The Morgan fingerprint density at radius 1 is 1.18 bits per heavy atom. The Labute approximate surface area is 109 Å². The minimum atomic E-state index is 0.373. The van der Waals surface area contributed by atoms with Gasteiger partial charge in [0.15, 0.2) is 0 Å². The van der Waals surface area contributed by atoms with Crippen LogP contribution >= 0.6 is 11.8 Å². The molecule has 1 aromatic rings. The standard InChI is InChI=1S/C15H23NS/c1-10-4-7-14(16)15(8-10)17-13-6-5-11(2)12(3)9-13/h5-6,9-10,14-15H,4,7-8,16H2,1-3H3. The second-order valence-corrected chi connectivity index (χ2v) is 6.80. The van der Waals surface area contributed by atoms with E-state index in [1.807, 2.05) is 11.8 Å². The summed E-state index contributed by atoms with van der Waals surface area (Å²) in [4.78, 5) is 1.38. The third kappa shape index (κ3) is 3.26. The fourth-order valence-corrected chi connectivity index (χ4v) is 3.93. The minimum absolute atomic E-state index is 0.373. The lowest BCUT2D eigenvalue weighted by molar-refractivity contribution is 0.357. The van der Waals surface area contributed by atoms with Crippen LogP contribution in [0.25, 0.3) is 0 Å². The zero-order valence-corrected chi connectivity index (χ0v) is 11.9. The van der Waals surface area contributed by atoms with Crippen molar-refractivity contribution in [2.75, 3.05) is 0 Å². The molecular weight excluding hydrogens is 226 g/mol. The minimum Gasteiger partial charge on any atom is -0.327 e. The Morgan fingerprint density at radius 2 is 1.94 bits per heavy atom. The van der Waals surface area contributed by atoms with Crippen LogP contribution in [-0.2, 0) is 0 Å². The molecule has 1 aliphatic carbocycles. The van der Waals surface area contributed by atoms with Crippen molar-refractivity contribution in [1.82, 2.24) is 0 Å². The SMILES string of the molecule is Cc1ccc(SC2CC(C)CCC2N)cc1C. The molecule has 17 heavy (non-hydrogen) atoms. The number of thioether (sulfide) groups is 1. The van der Waals surface area contributed by atoms with Gasteiger partial charge >= 0.3 is 0 Å². The summed E-state index contributed by atoms with van der Waals surface area (Å²) in [5, 5.41) is 0.598. The van der Waals surface area contributed by atoms with Gasteiger partial charge in [-0.25, -0.2) is 0 Å². The van der Waals surface area contributed by atoms with E-state index >= 15 is 0 Å². The lowest BCUT2D eigenvalue weighted by Gasteiger charge is -2.32. The summed E-state index contributed by atoms with van der Waals surface area (Å²) >= 11 is 1.97. The second-order valence-electron chi connectivity index (χ2n) is 5.48. The normalized spacial score (nSPS) is 29.3. The van der Waals surface area contributed by atoms with Crippen molar-refractivity contribution in [1.29, 1.82) is 0 Å². The van der Waals surface area contributed by atoms with E-state index in [0.717, 1.165) is 5.92 Å². The van der Waals surface area contributed by atoms with Gasteiger partial charge in [-0.05, 0) is 62.3 Å². The molecule has 1 aromatic carbocycles. The highest BCUT2D eigenvalue weighted by atomic mass is 32.2. The molecule has 0 heterocycles. The summed E-state index contributed by atoms with van der Waals surface area (Å²) in [5.74, 6) is 0.832. The highest BCUT2D eigenvalue weighted by Gasteiger charge is 2.26. The van der Waals surface area contributed by atoms with Crippen molar-refractivity contribution < 1.29 is 0 Å². The number of hydrogen-bond acceptors (Lipinski definition) is 2. The number of hydrogen-bond donors (Lipinski definition) is 1. The molecule has 1 fully saturated rings. The molecule has 0 saturated heterocycles. The van der Waals surface area contributed by atoms with Crippen molar-refractivity contribution in [3.63, 3.8) is 0 Å². The van der Waals surface area contributed by atoms with E-state index in [1.165, 1.54) is 35.3 Å². The van der Waals surface area contributed by atoms with Crippen LogP contribution in [-0.4, -0.2) is 11.3 Å². The monoisotopic (exact) mass is 249 g/mol. The number of rotatable bonds is 2. The van der Waals surface area contributed by atoms with E-state index in [4.69, 9.17) is 5.73 Å². The van der Waals surface area contributed by atoms with Crippen molar-refractivity contribution in [2.24, 2.45) is 11.7 Å². The van der Waals surface area contributed by atoms with E-state index in [-0.39, 0.29) is 0 Å². The van der Waals surface area contributed by atoms with Crippen LogP contribution in [0.2, 0.25) is 0 Å². The molecule has 0 aliphatic heterocycles. The molecule has 0 bridgehead atoms. The average molecular weight is 249 g/mol. The van der Waals surface area contributed by atoms with Crippen LogP contribution in [0, 0.1) is 19.8 Å². The van der Waals surface area contributed by atoms with Crippen molar-refractivity contribution in [3.05, 3.63) is 29.3 Å². The molecule has 0 spiro atoms. The molecule has 2 N–H and O–H groups in total. The van der Waals surface area contributed by atoms with Gasteiger partial charge in [-0.2, -0.15) is 0 Å². The Hall–Kier alpha value is -0.470. The molecule has 0 aromatic heterocycles. The first kappa shape index (κ1) is 13.0. The van der Waals surface area contributed by atoms with Crippen molar-refractivity contribution in [2.45, 2.75) is 56.2 Å². The predicted octanol–water partition coefficient (Wildman–Crippen LogP) is 3.91. The fourth-order valence-electron chi connectivity index (χ4n) is 2.45. The Bertz CT molecular complexity index is 389. The zero-order chi connectivity index (χ0) is 12.4. The summed E-state index contributed by atoms with van der Waals surface area (Å²) < 4.78 is 0. The van der Waals surface area contributed by atoms with Gasteiger partial charge in [0.1, 0.15) is 0 Å². The molecule has 3 atom stereocenters. The molecule has 0 radical (unpaired) electrons. The number of nitrogens with two attached hydrogens (primary N) is 1. The maximum atomic E-state index is 6.24. The predicted molar refractivity (Wildman–Crippen MR) is 76.6 cm³/mol. The van der Waals surface area contributed by atoms with Crippen LogP contribution < -0.4 is 5.73 Å². The van der Waals surface area contributed by atoms with Crippen LogP contribution in [0.4, 0.5) is 0 Å². The van der Waals surface area contributed by atoms with Gasteiger partial charge in [0.05, 0.1) is 0 Å². The molecule has 1 aliphatic rings. The topological polar surface area (TPSA) is 26.0 Å². The lowest BCUT2D eigenvalue weighted by Crippen LogP contribution is -2.37. The summed E-state index contributed by atoms with van der Waals surface area (Å²) in [6.07, 6.45) is 3.74. The second kappa shape index (κ2) is 5.45. The van der Waals surface area contributed by atoms with E-state index in [9.17, 15) is 0 Å². The van der Waals surface area contributed by atoms with Crippen LogP contribution in [0.5, 0.6) is 0 Å². The maximum Gasteiger partial charge on any atom is 0.0248 e. The van der Waals surface area contributed by atoms with Gasteiger partial charge in [0, 0.05) is 16.2 Å². The highest BCUT2D eigenvalue weighted by molar-refractivity contribution is 8.00. The maximum absolute atomic E-state index is 6.24. The Morgan fingerprint density at radius 3 is 2.65 bits per heavy atom. The van der Waals surface area contributed by atoms with E-state index in [1.54, 1.807) is 0 Å². The van der Waals surface area contributed by atoms with Gasteiger partial charge in [-0.3, -0.25) is 0 Å². The lowest BCUT2D eigenvalue weighted by atomic mass is 9.87. The van der Waals surface area contributed by atoms with E-state index in [0.29, 0.717) is 11.3 Å². The largest absolute Gasteiger partial charge is 0.327 e. The molecular formula is C15H23NS.